The molecular formula is C54H88O23. The minimum Gasteiger partial charge on any atom is -0.479 e. The number of fused-ring (bicyclic) bond motifs is 4. The van der Waals surface area contributed by atoms with Crippen LogP contribution in [0.2, 0.25) is 0 Å². The Bertz CT molecular complexity index is 2140. The van der Waals surface area contributed by atoms with Crippen molar-refractivity contribution in [2.75, 3.05) is 19.8 Å². The second kappa shape index (κ2) is 20.5. The molecule has 1 spiro atoms. The molecule has 77 heavy (non-hydrogen) atoms. The van der Waals surface area contributed by atoms with Crippen LogP contribution in [-0.2, 0) is 47.4 Å². The van der Waals surface area contributed by atoms with Gasteiger partial charge in [-0.15, -0.1) is 0 Å². The molecule has 0 aromatic heterocycles. The first-order chi connectivity index (χ1) is 36.0. The van der Waals surface area contributed by atoms with E-state index in [0.29, 0.717) is 25.9 Å². The third-order valence-electron chi connectivity index (χ3n) is 22.5. The fraction of sp³-hybridized carbons (Fsp3) is 0.981. The van der Waals surface area contributed by atoms with Crippen molar-refractivity contribution in [1.29, 1.82) is 0 Å². The van der Waals surface area contributed by atoms with E-state index in [1.165, 1.54) is 6.92 Å². The molecule has 5 aliphatic heterocycles. The molecule has 442 valence electrons. The third kappa shape index (κ3) is 8.87. The predicted molar refractivity (Wildman–Crippen MR) is 261 cm³/mol. The van der Waals surface area contributed by atoms with Crippen molar-refractivity contribution in [3.63, 3.8) is 0 Å². The van der Waals surface area contributed by atoms with E-state index in [4.69, 9.17) is 42.6 Å². The van der Waals surface area contributed by atoms with Crippen molar-refractivity contribution >= 4 is 5.97 Å². The summed E-state index contributed by atoms with van der Waals surface area (Å²) in [6.07, 6.45) is -30.0. The lowest BCUT2D eigenvalue weighted by atomic mass is 9.30. The Kier molecular flexibility index (Phi) is 15.6. The van der Waals surface area contributed by atoms with Crippen LogP contribution in [0.3, 0.4) is 0 Å². The van der Waals surface area contributed by atoms with Gasteiger partial charge in [0.2, 0.25) is 0 Å². The molecule has 30 atom stereocenters. The number of aliphatic carboxylic acids is 1. The Hall–Kier alpha value is -1.37. The van der Waals surface area contributed by atoms with E-state index in [0.717, 1.165) is 44.9 Å². The molecule has 0 aromatic carbocycles. The van der Waals surface area contributed by atoms with Crippen molar-refractivity contribution in [1.82, 2.24) is 0 Å². The summed E-state index contributed by atoms with van der Waals surface area (Å²) < 4.78 is 56.6. The van der Waals surface area contributed by atoms with E-state index in [9.17, 15) is 71.2 Å². The van der Waals surface area contributed by atoms with Gasteiger partial charge in [0, 0.05) is 10.8 Å². The van der Waals surface area contributed by atoms with Gasteiger partial charge in [-0.05, 0) is 111 Å². The standard InChI is InChI=1S/C54H88O23/c1-22-30(58)33(61)36(64)44(70-22)76-41-35(63)32(60)24(20-56)72-46(41)77-42-39(74-45-37(65)34(62)31(59)23(19-55)71-45)38(66)40(43(67)68)75-47(42)73-29-11-12-50(6)25(49(29,4)5)9-13-51(7)26(50)10-14-54-27-17-48(2,3)15-16-53(27,21-69-54)28(57)18-52(51,54)8/h22-42,44-47,55-66H,9-21H2,1-8H3,(H,67,68). The molecule has 0 amide bonds. The van der Waals surface area contributed by atoms with Gasteiger partial charge in [-0.25, -0.2) is 4.79 Å². The molecule has 10 rings (SSSR count). The van der Waals surface area contributed by atoms with E-state index < -0.39 is 160 Å². The Morgan fingerprint density at radius 1 is 0.532 bits per heavy atom. The normalized spacial score (nSPS) is 57.0. The summed E-state index contributed by atoms with van der Waals surface area (Å²) in [5.41, 5.74) is -1.99. The van der Waals surface area contributed by atoms with Gasteiger partial charge in [0.25, 0.3) is 0 Å². The van der Waals surface area contributed by atoms with Crippen LogP contribution in [-0.4, -0.2) is 233 Å². The number of aliphatic hydroxyl groups is 12. The highest BCUT2D eigenvalue weighted by Gasteiger charge is 2.80. The highest BCUT2D eigenvalue weighted by atomic mass is 16.8. The van der Waals surface area contributed by atoms with Gasteiger partial charge in [0.15, 0.2) is 31.3 Å². The van der Waals surface area contributed by atoms with E-state index in [2.05, 4.69) is 48.5 Å². The first kappa shape index (κ1) is 58.8. The molecule has 23 nitrogen and oxygen atoms in total. The van der Waals surface area contributed by atoms with Gasteiger partial charge in [-0.3, -0.25) is 0 Å². The minimum absolute atomic E-state index is 0.0137. The summed E-state index contributed by atoms with van der Waals surface area (Å²) >= 11 is 0. The number of rotatable bonds is 11. The van der Waals surface area contributed by atoms with Gasteiger partial charge in [0.05, 0.1) is 43.7 Å². The van der Waals surface area contributed by atoms with Crippen molar-refractivity contribution in [2.24, 2.45) is 50.2 Å². The molecule has 23 heteroatoms. The molecule has 0 radical (unpaired) electrons. The molecule has 0 aromatic rings. The van der Waals surface area contributed by atoms with Gasteiger partial charge < -0.3 is 109 Å². The lowest BCUT2D eigenvalue weighted by Gasteiger charge is -2.75. The average molecular weight is 1110 g/mol. The third-order valence-corrected chi connectivity index (χ3v) is 22.5. The smallest absolute Gasteiger partial charge is 0.335 e. The average Bonchev–Trinajstić information content (AvgIpc) is 3.89. The molecule has 5 saturated heterocycles. The number of carbonyl (C=O) groups is 1. The number of ether oxygens (including phenoxy) is 9. The number of aliphatic hydroxyl groups excluding tert-OH is 12. The highest BCUT2D eigenvalue weighted by molar-refractivity contribution is 5.73. The van der Waals surface area contributed by atoms with E-state index in [-0.39, 0.29) is 50.4 Å². The molecule has 5 heterocycles. The largest absolute Gasteiger partial charge is 0.479 e. The molecule has 13 N–H and O–H groups in total. The number of hydrogen-bond donors (Lipinski definition) is 13. The predicted octanol–water partition coefficient (Wildman–Crippen LogP) is -1.23. The van der Waals surface area contributed by atoms with Gasteiger partial charge >= 0.3 is 5.97 Å². The van der Waals surface area contributed by atoms with Gasteiger partial charge in [0.1, 0.15) is 85.5 Å². The minimum atomic E-state index is -2.21. The fourth-order valence-corrected chi connectivity index (χ4v) is 17.9. The summed E-state index contributed by atoms with van der Waals surface area (Å²) in [7, 11) is 0. The monoisotopic (exact) mass is 1100 g/mol. The lowest BCUT2D eigenvalue weighted by molar-refractivity contribution is -0.408. The molecule has 10 fully saturated rings. The van der Waals surface area contributed by atoms with Crippen molar-refractivity contribution in [3.05, 3.63) is 0 Å². The SMILES string of the molecule is CC1OC(OC2C(OC3C(OC4CCC5(C)C(CCC6(C)C5CCC57OCC8(CCC(C)(C)CC85)C(O)CC67C)C4(C)C)OC(C(=O)O)C(O)C3OC3OC(CO)C(O)C(O)C3O)OC(CO)C(O)C2O)C(O)C(O)C1O. The van der Waals surface area contributed by atoms with E-state index in [1.807, 2.05) is 0 Å². The molecular weight excluding hydrogens is 1020 g/mol. The van der Waals surface area contributed by atoms with E-state index >= 15 is 0 Å². The number of carboxylic acid groups (broad SMARTS) is 1. The Morgan fingerprint density at radius 2 is 1.10 bits per heavy atom. The zero-order valence-electron chi connectivity index (χ0n) is 45.5. The molecule has 2 bridgehead atoms. The summed E-state index contributed by atoms with van der Waals surface area (Å²) in [5, 5.41) is 143. The maximum Gasteiger partial charge on any atom is 0.335 e. The molecule has 30 unspecified atom stereocenters. The molecule has 10 aliphatic rings. The van der Waals surface area contributed by atoms with E-state index in [1.54, 1.807) is 0 Å². The summed E-state index contributed by atoms with van der Waals surface area (Å²) in [4.78, 5) is 13.1. The van der Waals surface area contributed by atoms with Gasteiger partial charge in [-0.1, -0.05) is 48.5 Å². The second-order valence-corrected chi connectivity index (χ2v) is 27.1. The zero-order chi connectivity index (χ0) is 56.1. The Balaban J connectivity index is 0.979. The van der Waals surface area contributed by atoms with Crippen LogP contribution < -0.4 is 0 Å². The van der Waals surface area contributed by atoms with Crippen LogP contribution in [0, 0.1) is 50.2 Å². The fourth-order valence-electron chi connectivity index (χ4n) is 17.9. The van der Waals surface area contributed by atoms with Crippen LogP contribution in [0.15, 0.2) is 0 Å². The number of hydrogen-bond acceptors (Lipinski definition) is 22. The van der Waals surface area contributed by atoms with Crippen molar-refractivity contribution in [2.45, 2.75) is 260 Å². The second-order valence-electron chi connectivity index (χ2n) is 27.1. The zero-order valence-corrected chi connectivity index (χ0v) is 45.5. The van der Waals surface area contributed by atoms with Crippen molar-refractivity contribution < 1.29 is 114 Å². The van der Waals surface area contributed by atoms with Crippen molar-refractivity contribution in [3.8, 4) is 0 Å². The first-order valence-electron chi connectivity index (χ1n) is 28.1. The first-order valence-corrected chi connectivity index (χ1v) is 28.1. The highest BCUT2D eigenvalue weighted by Crippen LogP contribution is 2.80. The summed E-state index contributed by atoms with van der Waals surface area (Å²) in [6, 6.07) is 0. The topological polar surface area (TPSA) is 363 Å². The van der Waals surface area contributed by atoms with Crippen LogP contribution in [0.5, 0.6) is 0 Å². The van der Waals surface area contributed by atoms with Gasteiger partial charge in [-0.2, -0.15) is 0 Å². The van der Waals surface area contributed by atoms with Crippen LogP contribution in [0.1, 0.15) is 120 Å². The summed E-state index contributed by atoms with van der Waals surface area (Å²) in [5.74, 6) is -1.20. The summed E-state index contributed by atoms with van der Waals surface area (Å²) in [6.45, 7) is 16.3. The van der Waals surface area contributed by atoms with Crippen LogP contribution in [0.4, 0.5) is 0 Å². The number of carboxylic acids is 1. The maximum atomic E-state index is 13.1. The quantitative estimate of drug-likeness (QED) is 0.108. The van der Waals surface area contributed by atoms with Crippen LogP contribution in [0.25, 0.3) is 0 Å². The lowest BCUT2D eigenvalue weighted by Crippen LogP contribution is -2.74. The molecule has 5 saturated carbocycles. The Morgan fingerprint density at radius 3 is 1.75 bits per heavy atom. The molecule has 5 aliphatic carbocycles. The Labute approximate surface area is 449 Å². The maximum absolute atomic E-state index is 13.1. The van der Waals surface area contributed by atoms with Crippen LogP contribution >= 0.6 is 0 Å².